The van der Waals surface area contributed by atoms with Crippen LogP contribution in [0, 0.1) is 13.8 Å². The van der Waals surface area contributed by atoms with E-state index in [0.717, 1.165) is 95.9 Å². The van der Waals surface area contributed by atoms with Crippen LogP contribution >= 0.6 is 0 Å². The van der Waals surface area contributed by atoms with E-state index in [1.54, 1.807) is 14.2 Å². The molecular weight excluding hydrogens is 681 g/mol. The van der Waals surface area contributed by atoms with Gasteiger partial charge in [-0.3, -0.25) is 0 Å². The van der Waals surface area contributed by atoms with Crippen LogP contribution in [-0.4, -0.2) is 58.7 Å². The second-order valence-electron chi connectivity index (χ2n) is 15.1. The molecule has 6 rings (SSSR count). The Labute approximate surface area is 320 Å². The molecule has 2 aromatic carbocycles. The number of rotatable bonds is 17. The number of methoxy groups -OCH3 is 2. The number of aliphatic hydroxyl groups is 2. The lowest BCUT2D eigenvalue weighted by atomic mass is 9.82. The summed E-state index contributed by atoms with van der Waals surface area (Å²) in [7, 11) is 3.25. The predicted octanol–water partition coefficient (Wildman–Crippen LogP) is 7.51. The third-order valence-electron chi connectivity index (χ3n) is 11.7. The summed E-state index contributed by atoms with van der Waals surface area (Å²) in [6.07, 6.45) is 10.9. The first-order valence-electron chi connectivity index (χ1n) is 19.5. The number of hydrogen-bond donors (Lipinski definition) is 4. The fourth-order valence-electron chi connectivity index (χ4n) is 8.06. The Bertz CT molecular complexity index is 1700. The minimum atomic E-state index is -0.235. The first-order valence-corrected chi connectivity index (χ1v) is 19.5. The molecule has 0 amide bonds. The van der Waals surface area contributed by atoms with E-state index in [1.807, 2.05) is 24.3 Å². The monoisotopic (exact) mass is 738 g/mol. The first kappa shape index (κ1) is 39.5. The Morgan fingerprint density at radius 3 is 1.33 bits per heavy atom. The van der Waals surface area contributed by atoms with Crippen LogP contribution in [0.2, 0.25) is 0 Å². The van der Waals surface area contributed by atoms with Crippen LogP contribution in [0.4, 0.5) is 0 Å². The van der Waals surface area contributed by atoms with Gasteiger partial charge in [-0.1, -0.05) is 74.9 Å². The van der Waals surface area contributed by atoms with Crippen molar-refractivity contribution in [2.24, 2.45) is 0 Å². The maximum absolute atomic E-state index is 10.1. The molecule has 10 nitrogen and oxygen atoms in total. The van der Waals surface area contributed by atoms with Gasteiger partial charge >= 0.3 is 0 Å². The van der Waals surface area contributed by atoms with Gasteiger partial charge in [-0.15, -0.1) is 0 Å². The average molecular weight is 739 g/mol. The van der Waals surface area contributed by atoms with Gasteiger partial charge in [-0.25, -0.2) is 0 Å². The van der Waals surface area contributed by atoms with Gasteiger partial charge in [0, 0.05) is 47.4 Å². The van der Waals surface area contributed by atoms with Gasteiger partial charge in [0.1, 0.15) is 13.2 Å². The van der Waals surface area contributed by atoms with E-state index in [9.17, 15) is 10.2 Å². The van der Waals surface area contributed by atoms with Crippen LogP contribution in [0.1, 0.15) is 97.6 Å². The molecule has 0 aliphatic heterocycles. The van der Waals surface area contributed by atoms with Crippen LogP contribution in [0.5, 0.6) is 23.5 Å². The van der Waals surface area contributed by atoms with Crippen LogP contribution in [-0.2, 0) is 26.3 Å². The van der Waals surface area contributed by atoms with Gasteiger partial charge in [0.05, 0.1) is 27.4 Å². The van der Waals surface area contributed by atoms with Crippen molar-refractivity contribution in [2.45, 2.75) is 115 Å². The SMILES string of the molecule is COc1nc(OCc2cccc(-c3cccc(COc4ccc(CNC5(CO)CCCCC5)c(OC)n4)c3C)c2C)ccc1CNC1(CO)CCCCC1. The third kappa shape index (κ3) is 9.34. The molecule has 0 atom stereocenters. The average Bonchev–Trinajstić information content (AvgIpc) is 3.22. The standard InChI is InChI=1S/C44H58N4O6/c1-31-35(27-53-39-19-17-33(41(47-39)51-3)25-45-43(29-49)21-7-5-8-22-43)13-11-15-37(31)38-16-12-14-36(32(38)2)28-54-40-20-18-34(42(48-40)52-4)26-46-44(30-50)23-9-6-10-24-44/h11-20,45-46,49-50H,5-10,21-30H2,1-4H3. The number of nitrogens with zero attached hydrogens (tertiary/aromatic N) is 2. The summed E-state index contributed by atoms with van der Waals surface area (Å²) in [5, 5.41) is 27.4. The molecule has 2 fully saturated rings. The third-order valence-corrected chi connectivity index (χ3v) is 11.7. The van der Waals surface area contributed by atoms with Crippen LogP contribution < -0.4 is 29.6 Å². The van der Waals surface area contributed by atoms with Crippen LogP contribution in [0.15, 0.2) is 60.7 Å². The van der Waals surface area contributed by atoms with Crippen molar-refractivity contribution in [3.63, 3.8) is 0 Å². The Morgan fingerprint density at radius 1 is 0.556 bits per heavy atom. The quantitative estimate of drug-likeness (QED) is 0.0865. The maximum Gasteiger partial charge on any atom is 0.220 e. The maximum atomic E-state index is 10.1. The summed E-state index contributed by atoms with van der Waals surface area (Å²) >= 11 is 0. The van der Waals surface area contributed by atoms with Gasteiger partial charge in [-0.05, 0) is 85.0 Å². The minimum absolute atomic E-state index is 0.133. The highest BCUT2D eigenvalue weighted by Gasteiger charge is 2.32. The normalized spacial score (nSPS) is 16.5. The van der Waals surface area contributed by atoms with Crippen molar-refractivity contribution >= 4 is 0 Å². The molecule has 2 aliphatic rings. The Morgan fingerprint density at radius 2 is 0.963 bits per heavy atom. The molecule has 0 saturated heterocycles. The molecule has 54 heavy (non-hydrogen) atoms. The van der Waals surface area contributed by atoms with E-state index in [0.29, 0.717) is 49.8 Å². The van der Waals surface area contributed by atoms with E-state index in [4.69, 9.17) is 18.9 Å². The van der Waals surface area contributed by atoms with Gasteiger partial charge < -0.3 is 39.8 Å². The van der Waals surface area contributed by atoms with E-state index >= 15 is 0 Å². The van der Waals surface area contributed by atoms with Crippen LogP contribution in [0.3, 0.4) is 0 Å². The van der Waals surface area contributed by atoms with Crippen molar-refractivity contribution in [2.75, 3.05) is 27.4 Å². The van der Waals surface area contributed by atoms with Gasteiger partial charge in [0.15, 0.2) is 0 Å². The molecule has 2 heterocycles. The van der Waals surface area contributed by atoms with E-state index < -0.39 is 0 Å². The highest BCUT2D eigenvalue weighted by Crippen LogP contribution is 2.33. The van der Waals surface area contributed by atoms with E-state index in [2.05, 4.69) is 70.8 Å². The molecule has 4 aromatic rings. The molecule has 10 heteroatoms. The highest BCUT2D eigenvalue weighted by atomic mass is 16.5. The number of aromatic nitrogens is 2. The number of pyridine rings is 2. The molecule has 0 unspecified atom stereocenters. The van der Waals surface area contributed by atoms with Gasteiger partial charge in [-0.2, -0.15) is 9.97 Å². The molecule has 2 aliphatic carbocycles. The van der Waals surface area contributed by atoms with Crippen molar-refractivity contribution in [1.29, 1.82) is 0 Å². The number of nitrogens with one attached hydrogen (secondary N) is 2. The molecule has 290 valence electrons. The molecule has 2 saturated carbocycles. The summed E-state index contributed by atoms with van der Waals surface area (Å²) in [4.78, 5) is 9.33. The van der Waals surface area contributed by atoms with Gasteiger partial charge in [0.2, 0.25) is 23.5 Å². The molecular formula is C44H58N4O6. The minimum Gasteiger partial charge on any atom is -0.481 e. The number of aliphatic hydroxyl groups excluding tert-OH is 2. The van der Waals surface area contributed by atoms with Gasteiger partial charge in [0.25, 0.3) is 0 Å². The largest absolute Gasteiger partial charge is 0.481 e. The summed E-state index contributed by atoms with van der Waals surface area (Å²) in [6.45, 7) is 6.40. The van der Waals surface area contributed by atoms with E-state index in [1.165, 1.54) is 12.8 Å². The van der Waals surface area contributed by atoms with Crippen molar-refractivity contribution in [1.82, 2.24) is 20.6 Å². The molecule has 0 bridgehead atoms. The molecule has 2 aromatic heterocycles. The lowest BCUT2D eigenvalue weighted by Gasteiger charge is -2.36. The fourth-order valence-corrected chi connectivity index (χ4v) is 8.06. The number of benzene rings is 2. The predicted molar refractivity (Wildman–Crippen MR) is 211 cm³/mol. The fraction of sp³-hybridized carbons (Fsp3) is 0.500. The Balaban J connectivity index is 1.09. The lowest BCUT2D eigenvalue weighted by molar-refractivity contribution is 0.119. The Kier molecular flexibility index (Phi) is 13.5. The van der Waals surface area contributed by atoms with Crippen LogP contribution in [0.25, 0.3) is 11.1 Å². The van der Waals surface area contributed by atoms with Crippen molar-refractivity contribution in [3.8, 4) is 34.6 Å². The number of ether oxygens (including phenoxy) is 4. The van der Waals surface area contributed by atoms with Crippen molar-refractivity contribution < 1.29 is 29.2 Å². The zero-order valence-corrected chi connectivity index (χ0v) is 32.5. The smallest absolute Gasteiger partial charge is 0.220 e. The highest BCUT2D eigenvalue weighted by molar-refractivity contribution is 5.72. The molecule has 4 N–H and O–H groups in total. The van der Waals surface area contributed by atoms with Crippen molar-refractivity contribution in [3.05, 3.63) is 94.0 Å². The molecule has 0 radical (unpaired) electrons. The molecule has 0 spiro atoms. The zero-order chi connectivity index (χ0) is 38.0. The summed E-state index contributed by atoms with van der Waals surface area (Å²) in [5.41, 5.74) is 8.10. The lowest BCUT2D eigenvalue weighted by Crippen LogP contribution is -2.49. The summed E-state index contributed by atoms with van der Waals surface area (Å²) < 4.78 is 23.7. The zero-order valence-electron chi connectivity index (χ0n) is 32.5. The summed E-state index contributed by atoms with van der Waals surface area (Å²) in [5.74, 6) is 2.05. The second-order valence-corrected chi connectivity index (χ2v) is 15.1. The van der Waals surface area contributed by atoms with E-state index in [-0.39, 0.29) is 24.3 Å². The summed E-state index contributed by atoms with van der Waals surface area (Å²) in [6, 6.07) is 20.4. The topological polar surface area (TPSA) is 127 Å². The second kappa shape index (κ2) is 18.4. The first-order chi connectivity index (χ1) is 26.3. The number of hydrogen-bond acceptors (Lipinski definition) is 10. The Hall–Kier alpha value is -4.22.